The van der Waals surface area contributed by atoms with Crippen molar-refractivity contribution in [1.82, 2.24) is 5.32 Å². The second kappa shape index (κ2) is 5.06. The molecule has 2 rings (SSSR count). The van der Waals surface area contributed by atoms with E-state index in [4.69, 9.17) is 5.14 Å². The molecule has 17 heavy (non-hydrogen) atoms. The number of hydrogen-bond donors (Lipinski definition) is 2. The normalized spacial score (nSPS) is 19.3. The Bertz CT molecular complexity index is 516. The Kier molecular flexibility index (Phi) is 3.87. The van der Waals surface area contributed by atoms with E-state index in [-0.39, 0.29) is 11.8 Å². The third-order valence-corrected chi connectivity index (χ3v) is 4.23. The summed E-state index contributed by atoms with van der Waals surface area (Å²) in [5, 5.41) is 8.20. The number of rotatable bonds is 4. The molecule has 0 fully saturated rings. The van der Waals surface area contributed by atoms with Gasteiger partial charge in [0.25, 0.3) is 0 Å². The first-order valence-electron chi connectivity index (χ1n) is 5.48. The van der Waals surface area contributed by atoms with Crippen LogP contribution >= 0.6 is 15.9 Å². The van der Waals surface area contributed by atoms with Crippen molar-refractivity contribution in [2.75, 3.05) is 12.3 Å². The summed E-state index contributed by atoms with van der Waals surface area (Å²) in [7, 11) is -3.37. The Hall–Kier alpha value is -0.430. The zero-order chi connectivity index (χ0) is 12.5. The van der Waals surface area contributed by atoms with Gasteiger partial charge in [-0.05, 0) is 36.1 Å². The smallest absolute Gasteiger partial charge is 0.210 e. The maximum absolute atomic E-state index is 10.8. The fourth-order valence-corrected chi connectivity index (χ4v) is 2.98. The lowest BCUT2D eigenvalue weighted by molar-refractivity contribution is 0.542. The minimum Gasteiger partial charge on any atom is -0.309 e. The lowest BCUT2D eigenvalue weighted by atomic mass is 10.1. The number of halogens is 1. The molecule has 0 heterocycles. The Labute approximate surface area is 110 Å². The predicted molar refractivity (Wildman–Crippen MR) is 71.2 cm³/mol. The van der Waals surface area contributed by atoms with Crippen LogP contribution in [-0.2, 0) is 16.4 Å². The van der Waals surface area contributed by atoms with Gasteiger partial charge in [0.05, 0.1) is 5.75 Å². The molecule has 0 radical (unpaired) electrons. The lowest BCUT2D eigenvalue weighted by Crippen LogP contribution is -2.29. The lowest BCUT2D eigenvalue weighted by Gasteiger charge is -2.13. The number of hydrogen-bond acceptors (Lipinski definition) is 3. The summed E-state index contributed by atoms with van der Waals surface area (Å²) >= 11 is 3.45. The highest BCUT2D eigenvalue weighted by molar-refractivity contribution is 9.10. The van der Waals surface area contributed by atoms with Gasteiger partial charge in [-0.2, -0.15) is 0 Å². The van der Waals surface area contributed by atoms with Crippen LogP contribution in [0.5, 0.6) is 0 Å². The van der Waals surface area contributed by atoms with Crippen molar-refractivity contribution in [2.24, 2.45) is 5.14 Å². The highest BCUT2D eigenvalue weighted by atomic mass is 79.9. The van der Waals surface area contributed by atoms with E-state index in [9.17, 15) is 8.42 Å². The van der Waals surface area contributed by atoms with Crippen molar-refractivity contribution in [2.45, 2.75) is 18.9 Å². The summed E-state index contributed by atoms with van der Waals surface area (Å²) in [6.45, 7) is 0.402. The average Bonchev–Trinajstić information content (AvgIpc) is 2.59. The van der Waals surface area contributed by atoms with Gasteiger partial charge in [-0.1, -0.05) is 22.0 Å². The van der Waals surface area contributed by atoms with E-state index >= 15 is 0 Å². The van der Waals surface area contributed by atoms with Crippen molar-refractivity contribution < 1.29 is 8.42 Å². The van der Waals surface area contributed by atoms with Gasteiger partial charge >= 0.3 is 0 Å². The van der Waals surface area contributed by atoms with Gasteiger partial charge in [-0.15, -0.1) is 0 Å². The average molecular weight is 319 g/mol. The molecule has 6 heteroatoms. The zero-order valence-electron chi connectivity index (χ0n) is 9.32. The number of fused-ring (bicyclic) bond motifs is 1. The fourth-order valence-electron chi connectivity index (χ4n) is 2.17. The van der Waals surface area contributed by atoms with E-state index in [1.807, 2.05) is 6.07 Å². The first-order chi connectivity index (χ1) is 7.96. The molecular formula is C11H15BrN2O2S. The van der Waals surface area contributed by atoms with Crippen LogP contribution in [0.3, 0.4) is 0 Å². The van der Waals surface area contributed by atoms with Gasteiger partial charge in [-0.25, -0.2) is 13.6 Å². The number of sulfonamides is 1. The van der Waals surface area contributed by atoms with Gasteiger partial charge in [0, 0.05) is 17.1 Å². The Morgan fingerprint density at radius 2 is 2.24 bits per heavy atom. The van der Waals surface area contributed by atoms with E-state index in [0.717, 1.165) is 17.3 Å². The molecule has 0 amide bonds. The van der Waals surface area contributed by atoms with Crippen LogP contribution in [-0.4, -0.2) is 20.7 Å². The summed E-state index contributed by atoms with van der Waals surface area (Å²) in [5.74, 6) is -0.0185. The molecule has 4 nitrogen and oxygen atoms in total. The standard InChI is InChI=1S/C11H15BrN2O2S/c12-9-2-3-10-8(7-9)1-4-11(10)14-5-6-17(13,15)16/h2-3,7,11,14H,1,4-6H2,(H2,13,15,16). The Morgan fingerprint density at radius 3 is 2.94 bits per heavy atom. The fraction of sp³-hybridized carbons (Fsp3) is 0.455. The Morgan fingerprint density at radius 1 is 1.47 bits per heavy atom. The van der Waals surface area contributed by atoms with Crippen LogP contribution in [0, 0.1) is 0 Å². The highest BCUT2D eigenvalue weighted by Crippen LogP contribution is 2.32. The van der Waals surface area contributed by atoms with Gasteiger partial charge in [0.1, 0.15) is 0 Å². The molecule has 1 aliphatic rings. The number of benzene rings is 1. The number of nitrogens with two attached hydrogens (primary N) is 1. The molecule has 1 aliphatic carbocycles. The quantitative estimate of drug-likeness (QED) is 0.879. The number of aryl methyl sites for hydroxylation is 1. The van der Waals surface area contributed by atoms with E-state index in [1.54, 1.807) is 0 Å². The van der Waals surface area contributed by atoms with Crippen molar-refractivity contribution >= 4 is 26.0 Å². The summed E-state index contributed by atoms with van der Waals surface area (Å²) in [6.07, 6.45) is 2.04. The van der Waals surface area contributed by atoms with Crippen LogP contribution in [0.15, 0.2) is 22.7 Å². The minimum absolute atomic E-state index is 0.0185. The molecule has 0 aliphatic heterocycles. The third kappa shape index (κ3) is 3.51. The monoisotopic (exact) mass is 318 g/mol. The maximum Gasteiger partial charge on any atom is 0.210 e. The molecule has 0 spiro atoms. The molecule has 0 saturated heterocycles. The van der Waals surface area contributed by atoms with Gasteiger partial charge in [0.2, 0.25) is 10.0 Å². The van der Waals surface area contributed by atoms with Gasteiger partial charge < -0.3 is 5.32 Å². The molecular weight excluding hydrogens is 304 g/mol. The van der Waals surface area contributed by atoms with Crippen LogP contribution in [0.25, 0.3) is 0 Å². The van der Waals surface area contributed by atoms with Crippen molar-refractivity contribution in [1.29, 1.82) is 0 Å². The third-order valence-electron chi connectivity index (χ3n) is 2.96. The predicted octanol–water partition coefficient (Wildman–Crippen LogP) is 1.31. The van der Waals surface area contributed by atoms with Crippen LogP contribution in [0.4, 0.5) is 0 Å². The summed E-state index contributed by atoms with van der Waals surface area (Å²) in [6, 6.07) is 6.47. The van der Waals surface area contributed by atoms with Crippen molar-refractivity contribution in [3.63, 3.8) is 0 Å². The highest BCUT2D eigenvalue weighted by Gasteiger charge is 2.22. The molecule has 1 unspecified atom stereocenters. The Balaban J connectivity index is 1.98. The van der Waals surface area contributed by atoms with Crippen LogP contribution < -0.4 is 10.5 Å². The molecule has 0 aromatic heterocycles. The second-order valence-electron chi connectivity index (χ2n) is 4.26. The number of nitrogens with one attached hydrogen (secondary N) is 1. The maximum atomic E-state index is 10.8. The van der Waals surface area contributed by atoms with Gasteiger partial charge in [0.15, 0.2) is 0 Å². The first kappa shape index (κ1) is 13.0. The first-order valence-corrected chi connectivity index (χ1v) is 7.99. The summed E-state index contributed by atoms with van der Waals surface area (Å²) < 4.78 is 22.7. The molecule has 0 saturated carbocycles. The van der Waals surface area contributed by atoms with Crippen LogP contribution in [0.2, 0.25) is 0 Å². The molecule has 1 aromatic carbocycles. The summed E-state index contributed by atoms with van der Waals surface area (Å²) in [4.78, 5) is 0. The topological polar surface area (TPSA) is 72.2 Å². The molecule has 1 atom stereocenters. The van der Waals surface area contributed by atoms with Crippen molar-refractivity contribution in [3.05, 3.63) is 33.8 Å². The molecule has 1 aromatic rings. The van der Waals surface area contributed by atoms with Crippen LogP contribution in [0.1, 0.15) is 23.6 Å². The van der Waals surface area contributed by atoms with Crippen molar-refractivity contribution in [3.8, 4) is 0 Å². The second-order valence-corrected chi connectivity index (χ2v) is 6.91. The molecule has 3 N–H and O–H groups in total. The van der Waals surface area contributed by atoms with E-state index < -0.39 is 10.0 Å². The van der Waals surface area contributed by atoms with Gasteiger partial charge in [-0.3, -0.25) is 0 Å². The van der Waals surface area contributed by atoms with E-state index in [0.29, 0.717) is 6.54 Å². The van der Waals surface area contributed by atoms with E-state index in [1.165, 1.54) is 11.1 Å². The summed E-state index contributed by atoms with van der Waals surface area (Å²) in [5.41, 5.74) is 2.59. The zero-order valence-corrected chi connectivity index (χ0v) is 11.7. The molecule has 0 bridgehead atoms. The SMILES string of the molecule is NS(=O)(=O)CCNC1CCc2cc(Br)ccc21. The number of primary sulfonamides is 1. The van der Waals surface area contributed by atoms with E-state index in [2.05, 4.69) is 33.4 Å². The molecule has 94 valence electrons. The minimum atomic E-state index is -3.37. The largest absolute Gasteiger partial charge is 0.309 e.